The predicted octanol–water partition coefficient (Wildman–Crippen LogP) is 5.06. The van der Waals surface area contributed by atoms with Crippen molar-refractivity contribution in [1.29, 1.82) is 0 Å². The third-order valence-corrected chi connectivity index (χ3v) is 4.75. The molecule has 0 bridgehead atoms. The molecule has 1 fully saturated rings. The van der Waals surface area contributed by atoms with Gasteiger partial charge in [0.1, 0.15) is 5.82 Å². The summed E-state index contributed by atoms with van der Waals surface area (Å²) in [4.78, 5) is 4.66. The minimum absolute atomic E-state index is 0.109. The third-order valence-electron chi connectivity index (χ3n) is 4.07. The SMILES string of the molecule is CC(Cl)c1nc2ccc(Br)cc2n1CCOC1CCCC1. The van der Waals surface area contributed by atoms with E-state index in [-0.39, 0.29) is 5.38 Å². The van der Waals surface area contributed by atoms with Crippen LogP contribution < -0.4 is 0 Å². The van der Waals surface area contributed by atoms with Crippen LogP contribution in [0.3, 0.4) is 0 Å². The Hall–Kier alpha value is -0.580. The molecule has 0 spiro atoms. The molecule has 0 saturated heterocycles. The van der Waals surface area contributed by atoms with Crippen molar-refractivity contribution in [1.82, 2.24) is 9.55 Å². The van der Waals surface area contributed by atoms with Crippen molar-refractivity contribution in [2.45, 2.75) is 50.6 Å². The van der Waals surface area contributed by atoms with Crippen molar-refractivity contribution in [2.75, 3.05) is 6.61 Å². The summed E-state index contributed by atoms with van der Waals surface area (Å²) in [5, 5.41) is -0.109. The number of hydrogen-bond donors (Lipinski definition) is 0. The van der Waals surface area contributed by atoms with Gasteiger partial charge in [-0.3, -0.25) is 0 Å². The molecule has 1 aliphatic rings. The van der Waals surface area contributed by atoms with Crippen molar-refractivity contribution in [3.8, 4) is 0 Å². The summed E-state index contributed by atoms with van der Waals surface area (Å²) >= 11 is 9.82. The van der Waals surface area contributed by atoms with Crippen LogP contribution in [0.5, 0.6) is 0 Å². The van der Waals surface area contributed by atoms with Crippen molar-refractivity contribution < 1.29 is 4.74 Å². The fourth-order valence-corrected chi connectivity index (χ4v) is 3.53. The van der Waals surface area contributed by atoms with Gasteiger partial charge in [-0.15, -0.1) is 11.6 Å². The van der Waals surface area contributed by atoms with Gasteiger partial charge in [-0.2, -0.15) is 0 Å². The third kappa shape index (κ3) is 3.43. The van der Waals surface area contributed by atoms with Gasteiger partial charge in [0.25, 0.3) is 0 Å². The number of aromatic nitrogens is 2. The summed E-state index contributed by atoms with van der Waals surface area (Å²) < 4.78 is 9.23. The highest BCUT2D eigenvalue weighted by molar-refractivity contribution is 9.10. The van der Waals surface area contributed by atoms with Crippen LogP contribution in [0, 0.1) is 0 Å². The van der Waals surface area contributed by atoms with E-state index >= 15 is 0 Å². The Balaban J connectivity index is 1.80. The Labute approximate surface area is 138 Å². The lowest BCUT2D eigenvalue weighted by Crippen LogP contribution is -2.15. The molecule has 0 aliphatic heterocycles. The minimum Gasteiger partial charge on any atom is -0.376 e. The first-order valence-electron chi connectivity index (χ1n) is 7.56. The van der Waals surface area contributed by atoms with Gasteiger partial charge >= 0.3 is 0 Å². The van der Waals surface area contributed by atoms with Crippen molar-refractivity contribution in [3.05, 3.63) is 28.5 Å². The zero-order chi connectivity index (χ0) is 14.8. The van der Waals surface area contributed by atoms with E-state index < -0.39 is 0 Å². The minimum atomic E-state index is -0.109. The molecule has 1 unspecified atom stereocenters. The average Bonchev–Trinajstić information content (AvgIpc) is 3.07. The lowest BCUT2D eigenvalue weighted by Gasteiger charge is -2.14. The highest BCUT2D eigenvalue weighted by Crippen LogP contribution is 2.27. The van der Waals surface area contributed by atoms with E-state index in [2.05, 4.69) is 31.5 Å². The van der Waals surface area contributed by atoms with Crippen LogP contribution in [0.25, 0.3) is 11.0 Å². The first-order valence-corrected chi connectivity index (χ1v) is 8.79. The molecule has 1 atom stereocenters. The lowest BCUT2D eigenvalue weighted by molar-refractivity contribution is 0.0531. The zero-order valence-corrected chi connectivity index (χ0v) is 14.5. The van der Waals surface area contributed by atoms with Crippen LogP contribution in [0.2, 0.25) is 0 Å². The van der Waals surface area contributed by atoms with Gasteiger partial charge in [-0.1, -0.05) is 28.8 Å². The van der Waals surface area contributed by atoms with Crippen LogP contribution in [0.1, 0.15) is 43.8 Å². The molecule has 1 aliphatic carbocycles. The number of alkyl halides is 1. The number of hydrogen-bond acceptors (Lipinski definition) is 2. The zero-order valence-electron chi connectivity index (χ0n) is 12.2. The molecule has 3 rings (SSSR count). The maximum Gasteiger partial charge on any atom is 0.127 e. The standard InChI is InChI=1S/C16H20BrClN2O/c1-11(18)16-19-14-7-6-12(17)10-15(14)20(16)8-9-21-13-4-2-3-5-13/h6-7,10-11,13H,2-5,8-9H2,1H3. The van der Waals surface area contributed by atoms with Crippen LogP contribution >= 0.6 is 27.5 Å². The molecule has 21 heavy (non-hydrogen) atoms. The molecule has 1 aromatic heterocycles. The van der Waals surface area contributed by atoms with Gasteiger partial charge in [0.05, 0.1) is 29.1 Å². The molecule has 0 N–H and O–H groups in total. The Morgan fingerprint density at radius 3 is 2.90 bits per heavy atom. The van der Waals surface area contributed by atoms with Gasteiger partial charge in [0, 0.05) is 11.0 Å². The molecule has 2 aromatic rings. The second kappa shape index (κ2) is 6.67. The fourth-order valence-electron chi connectivity index (χ4n) is 3.02. The maximum absolute atomic E-state index is 6.29. The number of nitrogens with zero attached hydrogens (tertiary/aromatic N) is 2. The Morgan fingerprint density at radius 2 is 2.19 bits per heavy atom. The van der Waals surface area contributed by atoms with Gasteiger partial charge in [0.2, 0.25) is 0 Å². The average molecular weight is 372 g/mol. The summed E-state index contributed by atoms with van der Waals surface area (Å²) in [6.45, 7) is 3.49. The molecular weight excluding hydrogens is 352 g/mol. The molecule has 1 aromatic carbocycles. The molecule has 0 radical (unpaired) electrons. The molecular formula is C16H20BrClN2O. The van der Waals surface area contributed by atoms with Crippen LogP contribution in [0.15, 0.2) is 22.7 Å². The number of benzene rings is 1. The van der Waals surface area contributed by atoms with Gasteiger partial charge in [-0.05, 0) is 38.0 Å². The van der Waals surface area contributed by atoms with E-state index in [0.29, 0.717) is 6.10 Å². The van der Waals surface area contributed by atoms with E-state index in [4.69, 9.17) is 16.3 Å². The van der Waals surface area contributed by atoms with Gasteiger partial charge < -0.3 is 9.30 Å². The lowest BCUT2D eigenvalue weighted by atomic mass is 10.3. The van der Waals surface area contributed by atoms with Crippen LogP contribution in [0.4, 0.5) is 0 Å². The smallest absolute Gasteiger partial charge is 0.127 e. The number of ether oxygens (including phenoxy) is 1. The second-order valence-electron chi connectivity index (χ2n) is 5.65. The Morgan fingerprint density at radius 1 is 1.43 bits per heavy atom. The normalized spacial score (nSPS) is 17.7. The van der Waals surface area contributed by atoms with Crippen molar-refractivity contribution >= 4 is 38.6 Å². The molecule has 3 nitrogen and oxygen atoms in total. The van der Waals surface area contributed by atoms with Gasteiger partial charge in [-0.25, -0.2) is 4.98 Å². The molecule has 5 heteroatoms. The summed E-state index contributed by atoms with van der Waals surface area (Å²) in [5.74, 6) is 0.916. The highest BCUT2D eigenvalue weighted by atomic mass is 79.9. The van der Waals surface area contributed by atoms with E-state index in [0.717, 1.165) is 34.5 Å². The summed E-state index contributed by atoms with van der Waals surface area (Å²) in [7, 11) is 0. The number of imidazole rings is 1. The van der Waals surface area contributed by atoms with Crippen molar-refractivity contribution in [3.63, 3.8) is 0 Å². The topological polar surface area (TPSA) is 27.1 Å². The first kappa shape index (κ1) is 15.3. The second-order valence-corrected chi connectivity index (χ2v) is 7.22. The fraction of sp³-hybridized carbons (Fsp3) is 0.562. The quantitative estimate of drug-likeness (QED) is 0.687. The maximum atomic E-state index is 6.29. The molecule has 1 saturated carbocycles. The van der Waals surface area contributed by atoms with Gasteiger partial charge in [0.15, 0.2) is 0 Å². The Bertz CT molecular complexity index is 620. The molecule has 1 heterocycles. The molecule has 0 amide bonds. The number of rotatable bonds is 5. The molecule has 114 valence electrons. The van der Waals surface area contributed by atoms with E-state index in [1.807, 2.05) is 19.1 Å². The van der Waals surface area contributed by atoms with E-state index in [9.17, 15) is 0 Å². The highest BCUT2D eigenvalue weighted by Gasteiger charge is 2.17. The summed E-state index contributed by atoms with van der Waals surface area (Å²) in [5.41, 5.74) is 2.10. The van der Waals surface area contributed by atoms with Crippen molar-refractivity contribution in [2.24, 2.45) is 0 Å². The first-order chi connectivity index (χ1) is 10.1. The Kier molecular flexibility index (Phi) is 4.87. The van der Waals surface area contributed by atoms with E-state index in [1.54, 1.807) is 0 Å². The van der Waals surface area contributed by atoms with E-state index in [1.165, 1.54) is 25.7 Å². The van der Waals surface area contributed by atoms with Crippen LogP contribution in [-0.4, -0.2) is 22.3 Å². The summed E-state index contributed by atoms with van der Waals surface area (Å²) in [6, 6.07) is 6.13. The monoisotopic (exact) mass is 370 g/mol. The van der Waals surface area contributed by atoms with Crippen LogP contribution in [-0.2, 0) is 11.3 Å². The predicted molar refractivity (Wildman–Crippen MR) is 89.9 cm³/mol. The number of fused-ring (bicyclic) bond motifs is 1. The summed E-state index contributed by atoms with van der Waals surface area (Å²) in [6.07, 6.45) is 5.46. The largest absolute Gasteiger partial charge is 0.376 e. The number of halogens is 2.